The molecule has 3 N–H and O–H groups in total. The largest absolute Gasteiger partial charge is 0.483 e. The average Bonchev–Trinajstić information content (AvgIpc) is 3.52. The van der Waals surface area contributed by atoms with Crippen LogP contribution in [0.15, 0.2) is 30.3 Å². The van der Waals surface area contributed by atoms with Gasteiger partial charge in [-0.2, -0.15) is 0 Å². The Labute approximate surface area is 252 Å². The van der Waals surface area contributed by atoms with Crippen LogP contribution >= 0.6 is 0 Å². The maximum atomic E-state index is 13.4. The molecule has 236 valence electrons. The Morgan fingerprint density at radius 3 is 2.36 bits per heavy atom. The molecule has 1 aromatic carbocycles. The second kappa shape index (κ2) is 14.5. The number of amides is 4. The van der Waals surface area contributed by atoms with Crippen molar-refractivity contribution in [2.24, 2.45) is 5.92 Å². The number of fused-ring (bicyclic) bond motifs is 1. The van der Waals surface area contributed by atoms with Crippen LogP contribution in [0.4, 0.5) is 4.79 Å². The number of nitrogens with one attached hydrogen (secondary N) is 1. The number of carboxylic acid groups (broad SMARTS) is 2. The summed E-state index contributed by atoms with van der Waals surface area (Å²) in [5.41, 5.74) is 0.275. The molecular weight excluding hydrogens is 578 g/mol. The van der Waals surface area contributed by atoms with Crippen molar-refractivity contribution in [2.75, 3.05) is 52.5 Å². The number of benzene rings is 1. The van der Waals surface area contributed by atoms with Gasteiger partial charge in [-0.3, -0.25) is 24.0 Å². The highest BCUT2D eigenvalue weighted by atomic mass is 16.6. The third kappa shape index (κ3) is 7.90. The summed E-state index contributed by atoms with van der Waals surface area (Å²) in [6.07, 6.45) is -0.675. The molecule has 2 aliphatic heterocycles. The van der Waals surface area contributed by atoms with Crippen LogP contribution in [-0.2, 0) is 23.9 Å². The molecule has 0 aliphatic carbocycles. The Hall–Kier alpha value is -4.95. The number of ether oxygens (including phenoxy) is 2. The maximum absolute atomic E-state index is 13.4. The second-order valence-corrected chi connectivity index (χ2v) is 10.4. The molecule has 2 aromatic rings. The van der Waals surface area contributed by atoms with Crippen LogP contribution in [0, 0.1) is 5.92 Å². The maximum Gasteiger partial charge on any atom is 0.409 e. The highest BCUT2D eigenvalue weighted by Crippen LogP contribution is 2.26. The van der Waals surface area contributed by atoms with Crippen LogP contribution in [0.2, 0.25) is 0 Å². The number of carboxylic acids is 2. The van der Waals surface area contributed by atoms with E-state index in [9.17, 15) is 39.0 Å². The zero-order valence-electron chi connectivity index (χ0n) is 24.3. The molecule has 0 bridgehead atoms. The van der Waals surface area contributed by atoms with E-state index in [1.165, 1.54) is 20.8 Å². The number of rotatable bonds is 11. The van der Waals surface area contributed by atoms with E-state index in [0.29, 0.717) is 23.9 Å². The van der Waals surface area contributed by atoms with Crippen LogP contribution in [0.5, 0.6) is 5.75 Å². The Morgan fingerprint density at radius 1 is 1.00 bits per heavy atom. The number of hydrogen-bond donors (Lipinski definition) is 3. The molecular formula is C29H35N5O10. The molecule has 4 amide bonds. The minimum absolute atomic E-state index is 0.0892. The lowest BCUT2D eigenvalue weighted by atomic mass is 10.1. The number of likely N-dealkylation sites (tertiary alicyclic amines) is 1. The van der Waals surface area contributed by atoms with Gasteiger partial charge in [0.25, 0.3) is 11.8 Å². The van der Waals surface area contributed by atoms with Crippen molar-refractivity contribution in [3.8, 4) is 5.75 Å². The zero-order chi connectivity index (χ0) is 31.8. The molecule has 0 radical (unpaired) electrons. The number of carbonyl (C=O) groups excluding carboxylic acids is 4. The van der Waals surface area contributed by atoms with Crippen molar-refractivity contribution in [1.82, 2.24) is 25.0 Å². The third-order valence-electron chi connectivity index (χ3n) is 7.52. The Bertz CT molecular complexity index is 1420. The first kappa shape index (κ1) is 32.0. The van der Waals surface area contributed by atoms with E-state index in [1.807, 2.05) is 0 Å². The molecule has 44 heavy (non-hydrogen) atoms. The summed E-state index contributed by atoms with van der Waals surface area (Å²) in [5, 5.41) is 21.6. The van der Waals surface area contributed by atoms with E-state index in [4.69, 9.17) is 9.47 Å². The number of hydrogen-bond acceptors (Lipinski definition) is 9. The lowest BCUT2D eigenvalue weighted by molar-refractivity contribution is -0.142. The number of nitrogens with zero attached hydrogens (tertiary/aromatic N) is 4. The number of piperazine rings is 1. The van der Waals surface area contributed by atoms with Gasteiger partial charge in [-0.25, -0.2) is 9.78 Å². The molecule has 2 saturated heterocycles. The minimum Gasteiger partial charge on any atom is -0.483 e. The van der Waals surface area contributed by atoms with Crippen molar-refractivity contribution in [2.45, 2.75) is 32.2 Å². The molecule has 0 spiro atoms. The fourth-order valence-electron chi connectivity index (χ4n) is 5.10. The number of aromatic nitrogens is 1. The summed E-state index contributed by atoms with van der Waals surface area (Å²) >= 11 is 0. The topological polar surface area (TPSA) is 196 Å². The van der Waals surface area contributed by atoms with Crippen molar-refractivity contribution < 1.29 is 48.5 Å². The minimum atomic E-state index is -1.18. The van der Waals surface area contributed by atoms with Crippen LogP contribution < -0.4 is 10.1 Å². The Morgan fingerprint density at radius 2 is 1.70 bits per heavy atom. The van der Waals surface area contributed by atoms with Gasteiger partial charge in [0, 0.05) is 57.1 Å². The first-order chi connectivity index (χ1) is 21.1. The number of para-hydroxylation sites is 1. The molecule has 4 rings (SSSR count). The first-order valence-electron chi connectivity index (χ1n) is 14.3. The standard InChI is InChI=1S/C29H35N5O10/c1-2-43-29(42)33-13-11-32(12-14-33)27(39)21(7-8-25(36)37)31-26(38)22-15-23(19-5-3-4-6-20(19)30-22)44-17-24(35)34-10-9-18(16-34)28(40)41/h3-6,15,18,21H,2,7-14,16-17H2,1H3,(H,31,38)(H,36,37)(H,40,41)/t18?,21-/m0/s1. The summed E-state index contributed by atoms with van der Waals surface area (Å²) < 4.78 is 10.8. The van der Waals surface area contributed by atoms with Crippen molar-refractivity contribution in [3.05, 3.63) is 36.0 Å². The van der Waals surface area contributed by atoms with Crippen molar-refractivity contribution >= 4 is 46.7 Å². The highest BCUT2D eigenvalue weighted by Gasteiger charge is 2.32. The predicted molar refractivity (Wildman–Crippen MR) is 153 cm³/mol. The van der Waals surface area contributed by atoms with Crippen molar-refractivity contribution in [3.63, 3.8) is 0 Å². The summed E-state index contributed by atoms with van der Waals surface area (Å²) in [5.74, 6) is -4.18. The zero-order valence-corrected chi connectivity index (χ0v) is 24.3. The summed E-state index contributed by atoms with van der Waals surface area (Å²) in [4.78, 5) is 82.8. The van der Waals surface area contributed by atoms with Gasteiger partial charge in [-0.15, -0.1) is 0 Å². The average molecular weight is 614 g/mol. The van der Waals surface area contributed by atoms with E-state index in [0.717, 1.165) is 0 Å². The summed E-state index contributed by atoms with van der Waals surface area (Å²) in [7, 11) is 0. The summed E-state index contributed by atoms with van der Waals surface area (Å²) in [6.45, 7) is 2.73. The van der Waals surface area contributed by atoms with Gasteiger partial charge < -0.3 is 39.7 Å². The number of pyridine rings is 1. The van der Waals surface area contributed by atoms with Gasteiger partial charge in [0.1, 0.15) is 17.5 Å². The van der Waals surface area contributed by atoms with Crippen LogP contribution in [0.25, 0.3) is 10.9 Å². The molecule has 2 atom stereocenters. The molecule has 1 aromatic heterocycles. The van der Waals surface area contributed by atoms with E-state index in [1.54, 1.807) is 31.2 Å². The third-order valence-corrected chi connectivity index (χ3v) is 7.52. The second-order valence-electron chi connectivity index (χ2n) is 10.4. The van der Waals surface area contributed by atoms with E-state index in [2.05, 4.69) is 10.3 Å². The molecule has 3 heterocycles. The molecule has 2 aliphatic rings. The Balaban J connectivity index is 1.47. The van der Waals surface area contributed by atoms with E-state index < -0.39 is 47.7 Å². The predicted octanol–water partition coefficient (Wildman–Crippen LogP) is 0.811. The van der Waals surface area contributed by atoms with Gasteiger partial charge in [0.15, 0.2) is 6.61 Å². The molecule has 15 nitrogen and oxygen atoms in total. The van der Waals surface area contributed by atoms with E-state index >= 15 is 0 Å². The normalized spacial score (nSPS) is 17.2. The van der Waals surface area contributed by atoms with Crippen LogP contribution in [0.1, 0.15) is 36.7 Å². The van der Waals surface area contributed by atoms with Crippen LogP contribution in [-0.4, -0.2) is 124 Å². The summed E-state index contributed by atoms with van der Waals surface area (Å²) in [6, 6.07) is 6.95. The van der Waals surface area contributed by atoms with Gasteiger partial charge >= 0.3 is 18.0 Å². The van der Waals surface area contributed by atoms with E-state index in [-0.39, 0.29) is 70.2 Å². The molecule has 1 unspecified atom stereocenters. The Kier molecular flexibility index (Phi) is 10.5. The van der Waals surface area contributed by atoms with Crippen molar-refractivity contribution in [1.29, 1.82) is 0 Å². The highest BCUT2D eigenvalue weighted by molar-refractivity contribution is 5.99. The lowest BCUT2D eigenvalue weighted by Crippen LogP contribution is -2.56. The van der Waals surface area contributed by atoms with Gasteiger partial charge in [-0.05, 0) is 31.9 Å². The molecule has 15 heteroatoms. The monoisotopic (exact) mass is 613 g/mol. The SMILES string of the molecule is CCOC(=O)N1CCN(C(=O)[C@H](CCC(=O)O)NC(=O)c2cc(OCC(=O)N3CCC(C(=O)O)C3)c3ccccc3n2)CC1. The number of carbonyl (C=O) groups is 6. The first-order valence-corrected chi connectivity index (χ1v) is 14.3. The quantitative estimate of drug-likeness (QED) is 0.324. The molecule has 0 saturated carbocycles. The smallest absolute Gasteiger partial charge is 0.409 e. The fraction of sp³-hybridized carbons (Fsp3) is 0.483. The van der Waals surface area contributed by atoms with Gasteiger partial charge in [-0.1, -0.05) is 12.1 Å². The lowest BCUT2D eigenvalue weighted by Gasteiger charge is -2.35. The van der Waals surface area contributed by atoms with Gasteiger partial charge in [0.2, 0.25) is 5.91 Å². The fourth-order valence-corrected chi connectivity index (χ4v) is 5.10. The van der Waals surface area contributed by atoms with Crippen LogP contribution in [0.3, 0.4) is 0 Å². The van der Waals surface area contributed by atoms with Gasteiger partial charge in [0.05, 0.1) is 18.0 Å². The molecule has 2 fully saturated rings. The number of aliphatic carboxylic acids is 2.